The van der Waals surface area contributed by atoms with Crippen molar-refractivity contribution in [3.63, 3.8) is 0 Å². The van der Waals surface area contributed by atoms with Gasteiger partial charge in [0, 0.05) is 0 Å². The maximum atomic E-state index is 11.7. The summed E-state index contributed by atoms with van der Waals surface area (Å²) in [5.74, 6) is -0.553. The third kappa shape index (κ3) is 6.61. The lowest BCUT2D eigenvalue weighted by Crippen LogP contribution is -2.29. The molecular weight excluding hydrogens is 270 g/mol. The fourth-order valence-corrected chi connectivity index (χ4v) is 1.55. The molecule has 0 aromatic heterocycles. The number of ether oxygens (including phenoxy) is 2. The maximum Gasteiger partial charge on any atom is 0.412 e. The van der Waals surface area contributed by atoms with Crippen molar-refractivity contribution in [2.75, 3.05) is 6.61 Å². The second-order valence-electron chi connectivity index (χ2n) is 4.31. The minimum absolute atomic E-state index is 0.122. The van der Waals surface area contributed by atoms with Gasteiger partial charge in [-0.1, -0.05) is 49.8 Å². The summed E-state index contributed by atoms with van der Waals surface area (Å²) in [7, 11) is 0. The number of nitrogens with one attached hydrogen (secondary N) is 1. The molecule has 5 heteroatoms. The first-order valence-corrected chi connectivity index (χ1v) is 7.02. The van der Waals surface area contributed by atoms with E-state index in [2.05, 4.69) is 5.32 Å². The van der Waals surface area contributed by atoms with Gasteiger partial charge in [0.25, 0.3) is 0 Å². The predicted molar refractivity (Wildman–Crippen MR) is 79.4 cm³/mol. The molecule has 1 rings (SSSR count). The first-order valence-electron chi connectivity index (χ1n) is 7.02. The normalized spacial score (nSPS) is 10.9. The van der Waals surface area contributed by atoms with Crippen LogP contribution in [0.1, 0.15) is 32.3 Å². The van der Waals surface area contributed by atoms with Gasteiger partial charge in [-0.2, -0.15) is 0 Å². The Balaban J connectivity index is 2.53. The van der Waals surface area contributed by atoms with Gasteiger partial charge < -0.3 is 9.47 Å². The lowest BCUT2D eigenvalue weighted by Gasteiger charge is -2.10. The van der Waals surface area contributed by atoms with Crippen molar-refractivity contribution in [2.24, 2.45) is 0 Å². The Hall–Kier alpha value is -2.30. The number of allylic oxidation sites excluding steroid dienone is 1. The average molecular weight is 291 g/mol. The van der Waals surface area contributed by atoms with Gasteiger partial charge in [0.2, 0.25) is 0 Å². The lowest BCUT2D eigenvalue weighted by molar-refractivity contribution is -0.138. The number of hydrogen-bond acceptors (Lipinski definition) is 4. The van der Waals surface area contributed by atoms with Crippen molar-refractivity contribution < 1.29 is 19.1 Å². The molecule has 0 fully saturated rings. The van der Waals surface area contributed by atoms with Gasteiger partial charge in [-0.15, -0.1) is 0 Å². The van der Waals surface area contributed by atoms with Crippen molar-refractivity contribution in [1.29, 1.82) is 0 Å². The summed E-state index contributed by atoms with van der Waals surface area (Å²) in [6.45, 7) is 4.09. The Labute approximate surface area is 124 Å². The molecule has 0 unspecified atom stereocenters. The second kappa shape index (κ2) is 9.58. The van der Waals surface area contributed by atoms with E-state index in [0.717, 1.165) is 12.0 Å². The van der Waals surface area contributed by atoms with Gasteiger partial charge in [-0.25, -0.2) is 9.59 Å². The molecule has 5 nitrogen and oxygen atoms in total. The highest BCUT2D eigenvalue weighted by Crippen LogP contribution is 2.03. The quantitative estimate of drug-likeness (QED) is 0.619. The molecule has 0 aliphatic heterocycles. The summed E-state index contributed by atoms with van der Waals surface area (Å²) in [4.78, 5) is 23.4. The van der Waals surface area contributed by atoms with E-state index < -0.39 is 12.1 Å². The molecule has 1 aromatic rings. The average Bonchev–Trinajstić information content (AvgIpc) is 2.50. The number of esters is 1. The number of rotatable bonds is 7. The standard InChI is InChI=1S/C16H21NO4/c1-3-5-11-14(15(18)20-4-2)17-16(19)21-12-13-9-7-6-8-10-13/h6-11H,3-5,12H2,1-2H3,(H,17,19)/b14-11+. The summed E-state index contributed by atoms with van der Waals surface area (Å²) in [6, 6.07) is 9.32. The Kier molecular flexibility index (Phi) is 7.64. The summed E-state index contributed by atoms with van der Waals surface area (Å²) < 4.78 is 9.96. The number of hydrogen-bond donors (Lipinski definition) is 1. The Morgan fingerprint density at radius 3 is 2.48 bits per heavy atom. The Morgan fingerprint density at radius 2 is 1.86 bits per heavy atom. The van der Waals surface area contributed by atoms with E-state index in [9.17, 15) is 9.59 Å². The van der Waals surface area contributed by atoms with Crippen molar-refractivity contribution in [3.8, 4) is 0 Å². The molecular formula is C16H21NO4. The monoisotopic (exact) mass is 291 g/mol. The first kappa shape index (κ1) is 16.8. The van der Waals surface area contributed by atoms with Gasteiger partial charge in [0.05, 0.1) is 6.61 Å². The molecule has 0 spiro atoms. The number of unbranched alkanes of at least 4 members (excludes halogenated alkanes) is 1. The van der Waals surface area contributed by atoms with Crippen molar-refractivity contribution in [2.45, 2.75) is 33.3 Å². The first-order chi connectivity index (χ1) is 10.2. The smallest absolute Gasteiger partial charge is 0.412 e. The molecule has 0 saturated carbocycles. The number of carbonyl (C=O) groups excluding carboxylic acids is 2. The second-order valence-corrected chi connectivity index (χ2v) is 4.31. The van der Waals surface area contributed by atoms with Crippen LogP contribution in [0.5, 0.6) is 0 Å². The molecule has 1 aromatic carbocycles. The van der Waals surface area contributed by atoms with Gasteiger partial charge >= 0.3 is 12.1 Å². The summed E-state index contributed by atoms with van der Waals surface area (Å²) >= 11 is 0. The van der Waals surface area contributed by atoms with Gasteiger partial charge in [-0.3, -0.25) is 5.32 Å². The highest BCUT2D eigenvalue weighted by Gasteiger charge is 2.14. The van der Waals surface area contributed by atoms with Crippen LogP contribution in [0.2, 0.25) is 0 Å². The number of amides is 1. The third-order valence-electron chi connectivity index (χ3n) is 2.58. The molecule has 0 aliphatic carbocycles. The molecule has 0 bridgehead atoms. The van der Waals surface area contributed by atoms with Crippen LogP contribution in [0.15, 0.2) is 42.1 Å². The summed E-state index contributed by atoms with van der Waals surface area (Å²) in [5, 5.41) is 2.43. The van der Waals surface area contributed by atoms with Crippen LogP contribution in [0.3, 0.4) is 0 Å². The number of carbonyl (C=O) groups is 2. The molecule has 0 aliphatic rings. The molecule has 21 heavy (non-hydrogen) atoms. The van der Waals surface area contributed by atoms with Crippen LogP contribution in [0.25, 0.3) is 0 Å². The molecule has 0 heterocycles. The highest BCUT2D eigenvalue weighted by atomic mass is 16.6. The minimum Gasteiger partial charge on any atom is -0.461 e. The van der Waals surface area contributed by atoms with Crippen molar-refractivity contribution in [3.05, 3.63) is 47.7 Å². The van der Waals surface area contributed by atoms with Crippen LogP contribution in [-0.2, 0) is 20.9 Å². The van der Waals surface area contributed by atoms with E-state index in [1.54, 1.807) is 13.0 Å². The van der Waals surface area contributed by atoms with Crippen LogP contribution < -0.4 is 5.32 Å². The van der Waals surface area contributed by atoms with Crippen molar-refractivity contribution >= 4 is 12.1 Å². The van der Waals surface area contributed by atoms with Gasteiger partial charge in [0.15, 0.2) is 0 Å². The fourth-order valence-electron chi connectivity index (χ4n) is 1.55. The van der Waals surface area contributed by atoms with E-state index >= 15 is 0 Å². The largest absolute Gasteiger partial charge is 0.461 e. The predicted octanol–water partition coefficient (Wildman–Crippen LogP) is 3.16. The zero-order valence-corrected chi connectivity index (χ0v) is 12.4. The molecule has 1 N–H and O–H groups in total. The summed E-state index contributed by atoms with van der Waals surface area (Å²) in [5.41, 5.74) is 1.000. The van der Waals surface area contributed by atoms with E-state index in [-0.39, 0.29) is 18.9 Å². The molecule has 1 amide bonds. The number of benzene rings is 1. The van der Waals surface area contributed by atoms with Gasteiger partial charge in [-0.05, 0) is 18.9 Å². The third-order valence-corrected chi connectivity index (χ3v) is 2.58. The van der Waals surface area contributed by atoms with E-state index in [1.807, 2.05) is 37.3 Å². The van der Waals surface area contributed by atoms with Crippen LogP contribution in [0, 0.1) is 0 Å². The van der Waals surface area contributed by atoms with E-state index in [0.29, 0.717) is 6.42 Å². The van der Waals surface area contributed by atoms with Crippen LogP contribution in [0.4, 0.5) is 4.79 Å². The SMILES string of the molecule is CCC/C=C(/NC(=O)OCc1ccccc1)C(=O)OCC. The zero-order chi connectivity index (χ0) is 15.5. The molecule has 0 saturated heterocycles. The van der Waals surface area contributed by atoms with Crippen molar-refractivity contribution in [1.82, 2.24) is 5.32 Å². The fraction of sp³-hybridized carbons (Fsp3) is 0.375. The van der Waals surface area contributed by atoms with Gasteiger partial charge in [0.1, 0.15) is 12.3 Å². The Bertz CT molecular complexity index is 482. The molecule has 114 valence electrons. The molecule has 0 atom stereocenters. The lowest BCUT2D eigenvalue weighted by atomic mass is 10.2. The van der Waals surface area contributed by atoms with E-state index in [1.165, 1.54) is 0 Å². The Morgan fingerprint density at radius 1 is 1.14 bits per heavy atom. The molecule has 0 radical (unpaired) electrons. The van der Waals surface area contributed by atoms with Crippen LogP contribution in [-0.4, -0.2) is 18.7 Å². The van der Waals surface area contributed by atoms with Crippen LogP contribution >= 0.6 is 0 Å². The van der Waals surface area contributed by atoms with E-state index in [4.69, 9.17) is 9.47 Å². The topological polar surface area (TPSA) is 64.6 Å². The summed E-state index contributed by atoms with van der Waals surface area (Å²) in [6.07, 6.45) is 2.51. The zero-order valence-electron chi connectivity index (χ0n) is 12.4. The minimum atomic E-state index is -0.672. The maximum absolute atomic E-state index is 11.7. The highest BCUT2D eigenvalue weighted by molar-refractivity contribution is 5.92. The number of alkyl carbamates (subject to hydrolysis) is 1.